The number of hydrogen-bond donors (Lipinski definition) is 0. The molecule has 0 fully saturated rings. The van der Waals surface area contributed by atoms with Crippen LogP contribution in [0.1, 0.15) is 20.8 Å². The molecular formula is C16H11N3O3. The number of ketones is 1. The first-order valence-electron chi connectivity index (χ1n) is 6.56. The Kier molecular flexibility index (Phi) is 3.82. The first-order chi connectivity index (χ1) is 10.7. The van der Waals surface area contributed by atoms with Crippen LogP contribution in [0.15, 0.2) is 55.0 Å². The van der Waals surface area contributed by atoms with Crippen LogP contribution in [0.4, 0.5) is 0 Å². The summed E-state index contributed by atoms with van der Waals surface area (Å²) in [6.45, 7) is -0.362. The minimum atomic E-state index is -0.685. The van der Waals surface area contributed by atoms with Crippen molar-refractivity contribution in [3.05, 3.63) is 66.2 Å². The molecule has 6 nitrogen and oxygen atoms in total. The molecule has 1 aromatic carbocycles. The second-order valence-corrected chi connectivity index (χ2v) is 4.48. The summed E-state index contributed by atoms with van der Waals surface area (Å²) >= 11 is 0. The SMILES string of the molecule is O=C(COC(=O)c1cnc2ccccc2n1)c1cccnc1. The first-order valence-corrected chi connectivity index (χ1v) is 6.56. The number of carbonyl (C=O) groups excluding carboxylic acids is 2. The van der Waals surface area contributed by atoms with Gasteiger partial charge in [-0.05, 0) is 24.3 Å². The molecule has 2 heterocycles. The van der Waals surface area contributed by atoms with Gasteiger partial charge in [-0.15, -0.1) is 0 Å². The Morgan fingerprint density at radius 2 is 1.82 bits per heavy atom. The molecule has 0 saturated heterocycles. The number of rotatable bonds is 4. The number of nitrogens with zero attached hydrogens (tertiary/aromatic N) is 3. The highest BCUT2D eigenvalue weighted by molar-refractivity contribution is 5.98. The van der Waals surface area contributed by atoms with Crippen LogP contribution >= 0.6 is 0 Å². The Morgan fingerprint density at radius 1 is 1.00 bits per heavy atom. The van der Waals surface area contributed by atoms with Gasteiger partial charge in [-0.1, -0.05) is 12.1 Å². The van der Waals surface area contributed by atoms with Gasteiger partial charge >= 0.3 is 5.97 Å². The summed E-state index contributed by atoms with van der Waals surface area (Å²) in [6, 6.07) is 10.4. The van der Waals surface area contributed by atoms with Gasteiger partial charge in [0.2, 0.25) is 5.78 Å². The Hall–Kier alpha value is -3.15. The van der Waals surface area contributed by atoms with Crippen LogP contribution in [-0.4, -0.2) is 33.3 Å². The summed E-state index contributed by atoms with van der Waals surface area (Å²) in [6.07, 6.45) is 4.32. The van der Waals surface area contributed by atoms with Crippen LogP contribution in [0.2, 0.25) is 0 Å². The fraction of sp³-hybridized carbons (Fsp3) is 0.0625. The van der Waals surface area contributed by atoms with Crippen molar-refractivity contribution in [1.82, 2.24) is 15.0 Å². The van der Waals surface area contributed by atoms with E-state index < -0.39 is 5.97 Å². The van der Waals surface area contributed by atoms with Gasteiger partial charge in [-0.25, -0.2) is 9.78 Å². The van der Waals surface area contributed by atoms with E-state index in [0.29, 0.717) is 16.6 Å². The molecule has 6 heteroatoms. The average Bonchev–Trinajstić information content (AvgIpc) is 2.59. The van der Waals surface area contributed by atoms with Crippen LogP contribution in [-0.2, 0) is 4.74 Å². The lowest BCUT2D eigenvalue weighted by molar-refractivity contribution is 0.0469. The highest BCUT2D eigenvalue weighted by atomic mass is 16.5. The summed E-state index contributed by atoms with van der Waals surface area (Å²) in [5.41, 5.74) is 1.73. The van der Waals surface area contributed by atoms with E-state index in [9.17, 15) is 9.59 Å². The predicted octanol–water partition coefficient (Wildman–Crippen LogP) is 2.06. The van der Waals surface area contributed by atoms with Gasteiger partial charge in [0.15, 0.2) is 12.3 Å². The van der Waals surface area contributed by atoms with Gasteiger partial charge in [0.25, 0.3) is 0 Å². The molecule has 0 saturated carbocycles. The number of Topliss-reactive ketones (excluding diaryl/α,β-unsaturated/α-hetero) is 1. The second kappa shape index (κ2) is 6.09. The zero-order chi connectivity index (χ0) is 15.4. The predicted molar refractivity (Wildman–Crippen MR) is 78.4 cm³/mol. The van der Waals surface area contributed by atoms with E-state index in [1.807, 2.05) is 6.07 Å². The lowest BCUT2D eigenvalue weighted by Gasteiger charge is -2.04. The fourth-order valence-electron chi connectivity index (χ4n) is 1.87. The fourth-order valence-corrected chi connectivity index (χ4v) is 1.87. The van der Waals surface area contributed by atoms with E-state index in [0.717, 1.165) is 0 Å². The molecule has 3 rings (SSSR count). The third kappa shape index (κ3) is 2.95. The molecule has 0 spiro atoms. The Labute approximate surface area is 125 Å². The molecule has 0 atom stereocenters. The summed E-state index contributed by atoms with van der Waals surface area (Å²) in [5, 5.41) is 0. The van der Waals surface area contributed by atoms with Crippen LogP contribution in [0.25, 0.3) is 11.0 Å². The Balaban J connectivity index is 1.69. The molecule has 0 amide bonds. The number of pyridine rings is 1. The Morgan fingerprint density at radius 3 is 2.59 bits per heavy atom. The summed E-state index contributed by atoms with van der Waals surface area (Å²) < 4.78 is 4.97. The number of hydrogen-bond acceptors (Lipinski definition) is 6. The quantitative estimate of drug-likeness (QED) is 0.541. The van der Waals surface area contributed by atoms with Gasteiger partial charge in [0.1, 0.15) is 0 Å². The molecule has 0 aliphatic rings. The summed E-state index contributed by atoms with van der Waals surface area (Å²) in [5.74, 6) is -1.01. The van der Waals surface area contributed by atoms with Crippen LogP contribution in [0, 0.1) is 0 Å². The van der Waals surface area contributed by atoms with Gasteiger partial charge in [-0.3, -0.25) is 14.8 Å². The Bertz CT molecular complexity index is 834. The monoisotopic (exact) mass is 293 g/mol. The third-order valence-corrected chi connectivity index (χ3v) is 2.98. The maximum atomic E-state index is 11.9. The normalized spacial score (nSPS) is 10.4. The molecule has 22 heavy (non-hydrogen) atoms. The van der Waals surface area contributed by atoms with E-state index in [1.54, 1.807) is 36.5 Å². The molecule has 108 valence electrons. The van der Waals surface area contributed by atoms with Crippen molar-refractivity contribution in [3.8, 4) is 0 Å². The standard InChI is InChI=1S/C16H11N3O3/c20-15(11-4-3-7-17-8-11)10-22-16(21)14-9-18-12-5-1-2-6-13(12)19-14/h1-9H,10H2. The van der Waals surface area contributed by atoms with Crippen molar-refractivity contribution in [2.75, 3.05) is 6.61 Å². The molecule has 2 aromatic heterocycles. The minimum Gasteiger partial charge on any atom is -0.453 e. The van der Waals surface area contributed by atoms with Gasteiger partial charge < -0.3 is 4.74 Å². The van der Waals surface area contributed by atoms with Gasteiger partial charge in [0, 0.05) is 18.0 Å². The van der Waals surface area contributed by atoms with Crippen molar-refractivity contribution in [3.63, 3.8) is 0 Å². The van der Waals surface area contributed by atoms with E-state index in [-0.39, 0.29) is 18.1 Å². The number of para-hydroxylation sites is 2. The van der Waals surface area contributed by atoms with Crippen LogP contribution in [0.5, 0.6) is 0 Å². The maximum absolute atomic E-state index is 11.9. The van der Waals surface area contributed by atoms with Crippen molar-refractivity contribution >= 4 is 22.8 Å². The minimum absolute atomic E-state index is 0.0673. The zero-order valence-corrected chi connectivity index (χ0v) is 11.5. The molecule has 0 radical (unpaired) electrons. The van der Waals surface area contributed by atoms with E-state index in [4.69, 9.17) is 4.74 Å². The lowest BCUT2D eigenvalue weighted by Crippen LogP contribution is -2.15. The van der Waals surface area contributed by atoms with Gasteiger partial charge in [-0.2, -0.15) is 0 Å². The number of ether oxygens (including phenoxy) is 1. The highest BCUT2D eigenvalue weighted by Gasteiger charge is 2.14. The summed E-state index contributed by atoms with van der Waals surface area (Å²) in [4.78, 5) is 35.9. The molecule has 0 aliphatic carbocycles. The topological polar surface area (TPSA) is 82.0 Å². The van der Waals surface area contributed by atoms with E-state index >= 15 is 0 Å². The second-order valence-electron chi connectivity index (χ2n) is 4.48. The maximum Gasteiger partial charge on any atom is 0.359 e. The molecule has 3 aromatic rings. The van der Waals surface area contributed by atoms with Crippen molar-refractivity contribution in [2.45, 2.75) is 0 Å². The smallest absolute Gasteiger partial charge is 0.359 e. The molecule has 0 N–H and O–H groups in total. The number of aromatic nitrogens is 3. The molecule has 0 unspecified atom stereocenters. The molecule has 0 aliphatic heterocycles. The van der Waals surface area contributed by atoms with Crippen LogP contribution < -0.4 is 0 Å². The number of fused-ring (bicyclic) bond motifs is 1. The van der Waals surface area contributed by atoms with Crippen molar-refractivity contribution in [1.29, 1.82) is 0 Å². The van der Waals surface area contributed by atoms with Crippen molar-refractivity contribution < 1.29 is 14.3 Å². The molecule has 0 bridgehead atoms. The van der Waals surface area contributed by atoms with E-state index in [1.165, 1.54) is 12.4 Å². The lowest BCUT2D eigenvalue weighted by atomic mass is 10.2. The largest absolute Gasteiger partial charge is 0.453 e. The third-order valence-electron chi connectivity index (χ3n) is 2.98. The zero-order valence-electron chi connectivity index (χ0n) is 11.5. The molecular weight excluding hydrogens is 282 g/mol. The number of benzene rings is 1. The van der Waals surface area contributed by atoms with Gasteiger partial charge in [0.05, 0.1) is 17.2 Å². The number of esters is 1. The average molecular weight is 293 g/mol. The number of carbonyl (C=O) groups is 2. The van der Waals surface area contributed by atoms with Crippen LogP contribution in [0.3, 0.4) is 0 Å². The summed E-state index contributed by atoms with van der Waals surface area (Å²) in [7, 11) is 0. The van der Waals surface area contributed by atoms with Crippen molar-refractivity contribution in [2.24, 2.45) is 0 Å². The highest BCUT2D eigenvalue weighted by Crippen LogP contribution is 2.09. The first kappa shape index (κ1) is 13.8. The van der Waals surface area contributed by atoms with E-state index in [2.05, 4.69) is 15.0 Å².